The second kappa shape index (κ2) is 34.7. The van der Waals surface area contributed by atoms with Gasteiger partial charge in [0.25, 0.3) is 0 Å². The van der Waals surface area contributed by atoms with Gasteiger partial charge in [0.1, 0.15) is 42.3 Å². The number of nitrogens with zero attached hydrogens (tertiary/aromatic N) is 6. The number of rotatable bonds is 6. The molecule has 6 heteroatoms. The fourth-order valence-corrected chi connectivity index (χ4v) is 13.1. The van der Waals surface area contributed by atoms with Gasteiger partial charge in [-0.15, -0.1) is 0 Å². The highest BCUT2D eigenvalue weighted by Crippen LogP contribution is 2.30. The van der Waals surface area contributed by atoms with Crippen LogP contribution in [0.25, 0.3) is 67.5 Å². The summed E-state index contributed by atoms with van der Waals surface area (Å²) in [7, 11) is 11.3. The molecule has 0 aliphatic carbocycles. The SMILES string of the molecule is Cc1ccc(C)c(-c2ccc(C)c(C)[n+]2C)c1.Cc1cccc(C)c1-c1ccc(C)c(C)[n+]1C.Cc1ccccc1-c1c(C)cc(C)c(C)[n+]1C.[2H]C([2H])([2H])c1cc(C)c(-c2ccccc2C)[n+](C)c1C([2H])([2H])[2H].[2H]C([2H])([2H])c1ccc(-c2c(C)cccc2C)[n+](C)c1C([2H])([2H])[2H].[2H]C([2H])([2H])c1ccc(-c2cc(C)ccc2C)[n+](C)c1C([2H])([2H])[2H]. The molecule has 0 atom stereocenters. The van der Waals surface area contributed by atoms with Crippen LogP contribution in [0.15, 0.2) is 182 Å². The molecule has 0 radical (unpaired) electrons. The van der Waals surface area contributed by atoms with Gasteiger partial charge in [0.15, 0.2) is 34.2 Å². The average Bonchev–Trinajstić information content (AvgIpc) is 0.755. The molecular weight excluding hydrogens is 1240 g/mol. The van der Waals surface area contributed by atoms with Crippen molar-refractivity contribution in [2.75, 3.05) is 0 Å². The molecule has 0 amide bonds. The normalized spacial score (nSPS) is 14.0. The van der Waals surface area contributed by atoms with E-state index in [4.69, 9.17) is 24.7 Å². The molecule has 12 rings (SSSR count). The highest BCUT2D eigenvalue weighted by atomic mass is 15.0. The standard InChI is InChI=1S/6C16H20N/c2*1-11-6-7-13(3)15(10-11)16-9-8-12(2)14(4)17(16)5;2*1-11-9-10-15(17(5)14(11)4)16-12(2)7-6-8-13(16)3;2*1-11-8-6-7-9-15(11)16-13(3)10-12(2)14(4)17(16)5/h6*6-10H,1-5H3/q6*+1/i2D3,4D3;;1D3,4D3;;2D3,4D3;. The van der Waals surface area contributed by atoms with Gasteiger partial charge < -0.3 is 0 Å². The molecule has 0 spiro atoms. The van der Waals surface area contributed by atoms with Crippen LogP contribution >= 0.6 is 0 Å². The Balaban J connectivity index is 0.000000199. The highest BCUT2D eigenvalue weighted by Gasteiger charge is 2.24. The summed E-state index contributed by atoms with van der Waals surface area (Å²) in [5.74, 6) is 0. The Morgan fingerprint density at radius 3 is 0.863 bits per heavy atom. The maximum atomic E-state index is 7.78. The van der Waals surface area contributed by atoms with Crippen LogP contribution < -0.4 is 27.4 Å². The fourth-order valence-electron chi connectivity index (χ4n) is 13.1. The number of pyridine rings is 6. The summed E-state index contributed by atoms with van der Waals surface area (Å²) in [5, 5.41) is 0. The van der Waals surface area contributed by atoms with Gasteiger partial charge in [-0.3, -0.25) is 0 Å². The minimum absolute atomic E-state index is 0.116. The third kappa shape index (κ3) is 18.3. The summed E-state index contributed by atoms with van der Waals surface area (Å²) < 4.78 is 150. The van der Waals surface area contributed by atoms with Crippen molar-refractivity contribution >= 4 is 0 Å². The van der Waals surface area contributed by atoms with Gasteiger partial charge in [-0.25, -0.2) is 0 Å². The first-order valence-corrected chi connectivity index (χ1v) is 34.8. The van der Waals surface area contributed by atoms with E-state index in [1.54, 1.807) is 40.2 Å². The first-order chi connectivity index (χ1) is 55.4. The van der Waals surface area contributed by atoms with Crippen LogP contribution in [0.4, 0.5) is 0 Å². The van der Waals surface area contributed by atoms with Crippen molar-refractivity contribution < 1.29 is 52.1 Å². The smallest absolute Gasteiger partial charge is 0.198 e. The summed E-state index contributed by atoms with van der Waals surface area (Å²) >= 11 is 0. The number of hydrogen-bond acceptors (Lipinski definition) is 0. The Bertz CT molecular complexity index is 5720. The predicted octanol–water partition coefficient (Wildman–Crippen LogP) is 20.5. The van der Waals surface area contributed by atoms with Crippen molar-refractivity contribution in [3.8, 4) is 67.5 Å². The minimum Gasteiger partial charge on any atom is -0.198 e. The van der Waals surface area contributed by atoms with E-state index >= 15 is 0 Å². The zero-order valence-electron chi connectivity index (χ0n) is 83.0. The van der Waals surface area contributed by atoms with E-state index in [9.17, 15) is 0 Å². The zero-order chi connectivity index (χ0) is 90.5. The van der Waals surface area contributed by atoms with Gasteiger partial charge in [-0.2, -0.15) is 27.4 Å². The Morgan fingerprint density at radius 2 is 0.480 bits per heavy atom. The zero-order valence-corrected chi connectivity index (χ0v) is 65.0. The van der Waals surface area contributed by atoms with Crippen molar-refractivity contribution in [1.29, 1.82) is 0 Å². The molecule has 0 bridgehead atoms. The van der Waals surface area contributed by atoms with E-state index in [0.29, 0.717) is 11.4 Å². The molecule has 0 saturated heterocycles. The number of benzene rings is 6. The summed E-state index contributed by atoms with van der Waals surface area (Å²) in [6.45, 7) is 22.7. The third-order valence-corrected chi connectivity index (χ3v) is 20.1. The van der Waals surface area contributed by atoms with E-state index < -0.39 is 41.1 Å². The monoisotopic (exact) mass is 1380 g/mol. The Hall–Kier alpha value is -9.78. The first kappa shape index (κ1) is 56.8. The van der Waals surface area contributed by atoms with E-state index in [-0.39, 0.29) is 33.8 Å². The summed E-state index contributed by atoms with van der Waals surface area (Å²) in [6.07, 6.45) is 0. The summed E-state index contributed by atoms with van der Waals surface area (Å²) in [5.41, 5.74) is 33.8. The van der Waals surface area contributed by atoms with Gasteiger partial charge in [0.2, 0.25) is 34.2 Å². The molecule has 6 heterocycles. The molecule has 102 heavy (non-hydrogen) atoms. The van der Waals surface area contributed by atoms with Crippen LogP contribution in [0.5, 0.6) is 0 Å². The van der Waals surface area contributed by atoms with Crippen molar-refractivity contribution in [2.45, 2.75) is 166 Å². The van der Waals surface area contributed by atoms with Crippen molar-refractivity contribution in [3.63, 3.8) is 0 Å². The minimum atomic E-state index is -2.51. The van der Waals surface area contributed by atoms with Crippen LogP contribution in [0.1, 0.15) is 159 Å². The van der Waals surface area contributed by atoms with Gasteiger partial charge in [0, 0.05) is 157 Å². The van der Waals surface area contributed by atoms with Crippen molar-refractivity contribution in [1.82, 2.24) is 0 Å². The van der Waals surface area contributed by atoms with Gasteiger partial charge in [0.05, 0.1) is 11.1 Å². The van der Waals surface area contributed by atoms with Crippen LogP contribution in [0.2, 0.25) is 0 Å². The Morgan fingerprint density at radius 1 is 0.196 bits per heavy atom. The lowest BCUT2D eigenvalue weighted by atomic mass is 9.98. The van der Waals surface area contributed by atoms with E-state index in [1.165, 1.54) is 133 Å². The first-order valence-electron chi connectivity index (χ1n) is 43.8. The lowest BCUT2D eigenvalue weighted by Gasteiger charge is -2.10. The molecule has 0 fully saturated rings. The van der Waals surface area contributed by atoms with E-state index in [1.807, 2.05) is 95.3 Å². The molecule has 0 saturated carbocycles. The van der Waals surface area contributed by atoms with Gasteiger partial charge in [-0.1, -0.05) is 108 Å². The molecule has 0 unspecified atom stereocenters. The molecule has 6 aromatic carbocycles. The van der Waals surface area contributed by atoms with Crippen LogP contribution in [-0.2, 0) is 42.3 Å². The molecule has 528 valence electrons. The van der Waals surface area contributed by atoms with Crippen LogP contribution in [0.3, 0.4) is 0 Å². The highest BCUT2D eigenvalue weighted by molar-refractivity contribution is 5.69. The molecule has 6 aromatic heterocycles. The average molecular weight is 1380 g/mol. The number of hydrogen-bond donors (Lipinski definition) is 0. The lowest BCUT2D eigenvalue weighted by molar-refractivity contribution is -0.667. The predicted molar refractivity (Wildman–Crippen MR) is 432 cm³/mol. The van der Waals surface area contributed by atoms with E-state index in [2.05, 4.69) is 209 Å². The molecule has 0 aliphatic heterocycles. The second-order valence-electron chi connectivity index (χ2n) is 27.5. The van der Waals surface area contributed by atoms with Crippen molar-refractivity contribution in [3.05, 3.63) is 316 Å². The van der Waals surface area contributed by atoms with Crippen LogP contribution in [-0.4, -0.2) is 0 Å². The quantitative estimate of drug-likeness (QED) is 0.148. The Kier molecular flexibility index (Phi) is 19.3. The maximum absolute atomic E-state index is 7.78. The maximum Gasteiger partial charge on any atom is 0.215 e. The fraction of sp³-hybridized carbons (Fsp3) is 0.312. The number of aryl methyl sites for hydroxylation is 18. The molecule has 6 nitrogen and oxygen atoms in total. The summed E-state index contributed by atoms with van der Waals surface area (Å²) in [4.78, 5) is 0. The largest absolute Gasteiger partial charge is 0.215 e. The topological polar surface area (TPSA) is 23.3 Å². The van der Waals surface area contributed by atoms with Gasteiger partial charge >= 0.3 is 0 Å². The lowest BCUT2D eigenvalue weighted by Crippen LogP contribution is -2.36. The molecule has 12 aromatic rings. The molecule has 0 N–H and O–H groups in total. The van der Waals surface area contributed by atoms with Crippen LogP contribution in [0, 0.1) is 166 Å². The second-order valence-corrected chi connectivity index (χ2v) is 27.5. The third-order valence-electron chi connectivity index (χ3n) is 20.1. The van der Waals surface area contributed by atoms with Gasteiger partial charge in [-0.05, 0) is 230 Å². The number of aromatic nitrogens is 6. The van der Waals surface area contributed by atoms with Crippen molar-refractivity contribution in [2.24, 2.45) is 42.3 Å². The Labute approximate surface area is 641 Å². The van der Waals surface area contributed by atoms with E-state index in [0.717, 1.165) is 55.8 Å². The molecular formula is C96H120N6+6. The summed E-state index contributed by atoms with van der Waals surface area (Å²) in [6, 6.07) is 59.9. The molecule has 0 aliphatic rings.